The number of aromatic carboxylic acids is 1. The standard InChI is InChI=1S/C15H19N5O3.ClH/c1-16-20-9-11(15(22)23)13(21)10-3-4-12(17-14(10)20)19-7-5-18(2)6-8-19;/h3-4,9,16H,5-8H2,1-2H3,(H,22,23);1H. The van der Waals surface area contributed by atoms with Crippen LogP contribution in [-0.2, 0) is 0 Å². The van der Waals surface area contributed by atoms with Gasteiger partial charge in [-0.1, -0.05) is 0 Å². The van der Waals surface area contributed by atoms with E-state index in [9.17, 15) is 9.59 Å². The number of halogens is 1. The van der Waals surface area contributed by atoms with E-state index in [0.717, 1.165) is 32.0 Å². The van der Waals surface area contributed by atoms with Crippen molar-refractivity contribution in [2.45, 2.75) is 0 Å². The number of fused-ring (bicyclic) bond motifs is 1. The molecule has 2 N–H and O–H groups in total. The van der Waals surface area contributed by atoms with E-state index < -0.39 is 11.4 Å². The van der Waals surface area contributed by atoms with Gasteiger partial charge in [-0.25, -0.2) is 14.5 Å². The topological polar surface area (TPSA) is 90.7 Å². The molecule has 130 valence electrons. The van der Waals surface area contributed by atoms with Gasteiger partial charge < -0.3 is 20.3 Å². The number of nitrogens with one attached hydrogen (secondary N) is 1. The minimum absolute atomic E-state index is 0. The zero-order valence-corrected chi connectivity index (χ0v) is 14.3. The molecule has 1 aliphatic rings. The maximum atomic E-state index is 12.3. The molecule has 3 rings (SSSR count). The number of hydrogen-bond acceptors (Lipinski definition) is 6. The van der Waals surface area contributed by atoms with Crippen molar-refractivity contribution in [1.82, 2.24) is 14.6 Å². The maximum absolute atomic E-state index is 12.3. The molecule has 1 aliphatic heterocycles. The van der Waals surface area contributed by atoms with Crippen molar-refractivity contribution in [3.05, 3.63) is 34.1 Å². The van der Waals surface area contributed by atoms with Gasteiger partial charge in [0.1, 0.15) is 11.4 Å². The first kappa shape index (κ1) is 18.0. The third kappa shape index (κ3) is 3.15. The van der Waals surface area contributed by atoms with E-state index in [1.54, 1.807) is 19.2 Å². The molecular formula is C15H20ClN5O3. The molecule has 3 heterocycles. The number of nitrogens with zero attached hydrogens (tertiary/aromatic N) is 4. The van der Waals surface area contributed by atoms with Gasteiger partial charge >= 0.3 is 5.97 Å². The number of anilines is 1. The molecule has 0 spiro atoms. The van der Waals surface area contributed by atoms with Crippen LogP contribution in [0.1, 0.15) is 10.4 Å². The van der Waals surface area contributed by atoms with Crippen LogP contribution in [0.5, 0.6) is 0 Å². The molecule has 9 heteroatoms. The molecule has 0 bridgehead atoms. The van der Waals surface area contributed by atoms with E-state index in [4.69, 9.17) is 5.11 Å². The van der Waals surface area contributed by atoms with Gasteiger partial charge in [-0.15, -0.1) is 12.4 Å². The van der Waals surface area contributed by atoms with Crippen LogP contribution >= 0.6 is 12.4 Å². The molecule has 0 aliphatic carbocycles. The maximum Gasteiger partial charge on any atom is 0.341 e. The summed E-state index contributed by atoms with van der Waals surface area (Å²) in [7, 11) is 3.73. The molecule has 0 saturated carbocycles. The molecule has 8 nitrogen and oxygen atoms in total. The van der Waals surface area contributed by atoms with Gasteiger partial charge in [-0.3, -0.25) is 4.79 Å². The third-order valence-corrected chi connectivity index (χ3v) is 4.13. The molecule has 2 aromatic heterocycles. The molecule has 2 aromatic rings. The fourth-order valence-electron chi connectivity index (χ4n) is 2.73. The Hall–Kier alpha value is -2.32. The summed E-state index contributed by atoms with van der Waals surface area (Å²) in [5, 5.41) is 9.44. The van der Waals surface area contributed by atoms with Crippen LogP contribution in [0.2, 0.25) is 0 Å². The van der Waals surface area contributed by atoms with E-state index in [2.05, 4.69) is 27.3 Å². The molecule has 1 saturated heterocycles. The number of rotatable bonds is 3. The summed E-state index contributed by atoms with van der Waals surface area (Å²) in [4.78, 5) is 32.5. The summed E-state index contributed by atoms with van der Waals surface area (Å²) in [6.07, 6.45) is 1.27. The van der Waals surface area contributed by atoms with Crippen molar-refractivity contribution in [3.63, 3.8) is 0 Å². The predicted octanol–water partition coefficient (Wildman–Crippen LogP) is 0.442. The minimum Gasteiger partial charge on any atom is -0.477 e. The number of pyridine rings is 2. The summed E-state index contributed by atoms with van der Waals surface area (Å²) in [6.45, 7) is 3.64. The molecule has 0 atom stereocenters. The highest BCUT2D eigenvalue weighted by Gasteiger charge is 2.19. The molecular weight excluding hydrogens is 334 g/mol. The molecule has 0 amide bonds. The molecule has 0 radical (unpaired) electrons. The van der Waals surface area contributed by atoms with Crippen LogP contribution < -0.4 is 15.8 Å². The third-order valence-electron chi connectivity index (χ3n) is 4.13. The van der Waals surface area contributed by atoms with E-state index >= 15 is 0 Å². The van der Waals surface area contributed by atoms with E-state index in [1.807, 2.05) is 0 Å². The Kier molecular flexibility index (Phi) is 5.30. The Balaban J connectivity index is 0.00000208. The van der Waals surface area contributed by atoms with Crippen LogP contribution in [0.25, 0.3) is 11.0 Å². The Bertz CT molecular complexity index is 815. The number of carboxylic acids is 1. The van der Waals surface area contributed by atoms with Gasteiger partial charge in [0.05, 0.1) is 5.39 Å². The van der Waals surface area contributed by atoms with Crippen molar-refractivity contribution in [1.29, 1.82) is 0 Å². The fraction of sp³-hybridized carbons (Fsp3) is 0.400. The van der Waals surface area contributed by atoms with Gasteiger partial charge in [-0.05, 0) is 19.2 Å². The predicted molar refractivity (Wildman–Crippen MR) is 95.2 cm³/mol. The first-order valence-corrected chi connectivity index (χ1v) is 7.42. The first-order chi connectivity index (χ1) is 11.0. The number of aromatic nitrogens is 2. The minimum atomic E-state index is -1.25. The van der Waals surface area contributed by atoms with Crippen molar-refractivity contribution in [3.8, 4) is 0 Å². The smallest absolute Gasteiger partial charge is 0.341 e. The lowest BCUT2D eigenvalue weighted by atomic mass is 10.2. The number of likely N-dealkylation sites (N-methyl/N-ethyl adjacent to an activating group) is 1. The van der Waals surface area contributed by atoms with Crippen molar-refractivity contribution in [2.75, 3.05) is 50.6 Å². The highest BCUT2D eigenvalue weighted by molar-refractivity contribution is 5.92. The Labute approximate surface area is 145 Å². The number of piperazine rings is 1. The SMILES string of the molecule is CNn1cc(C(=O)O)c(=O)c2ccc(N3CCN(C)CC3)nc21.Cl. The summed E-state index contributed by atoms with van der Waals surface area (Å²) in [6, 6.07) is 3.43. The zero-order valence-electron chi connectivity index (χ0n) is 13.5. The summed E-state index contributed by atoms with van der Waals surface area (Å²) in [5.41, 5.74) is 2.49. The van der Waals surface area contributed by atoms with E-state index in [1.165, 1.54) is 10.9 Å². The van der Waals surface area contributed by atoms with Gasteiger partial charge in [-0.2, -0.15) is 0 Å². The molecule has 0 unspecified atom stereocenters. The van der Waals surface area contributed by atoms with Gasteiger partial charge in [0, 0.05) is 39.4 Å². The zero-order chi connectivity index (χ0) is 16.6. The van der Waals surface area contributed by atoms with Crippen molar-refractivity contribution in [2.24, 2.45) is 0 Å². The lowest BCUT2D eigenvalue weighted by molar-refractivity contribution is 0.0695. The molecule has 1 fully saturated rings. The Morgan fingerprint density at radius 2 is 1.92 bits per heavy atom. The molecule has 0 aromatic carbocycles. The molecule has 24 heavy (non-hydrogen) atoms. The summed E-state index contributed by atoms with van der Waals surface area (Å²) in [5.74, 6) is -0.457. The second-order valence-electron chi connectivity index (χ2n) is 5.60. The second-order valence-corrected chi connectivity index (χ2v) is 5.60. The van der Waals surface area contributed by atoms with Crippen molar-refractivity contribution < 1.29 is 9.90 Å². The number of carboxylic acid groups (broad SMARTS) is 1. The average molecular weight is 354 g/mol. The first-order valence-electron chi connectivity index (χ1n) is 7.42. The quantitative estimate of drug-likeness (QED) is 0.827. The van der Waals surface area contributed by atoms with Crippen LogP contribution in [0.4, 0.5) is 5.82 Å². The summed E-state index contributed by atoms with van der Waals surface area (Å²) < 4.78 is 1.47. The van der Waals surface area contributed by atoms with Crippen molar-refractivity contribution >= 4 is 35.2 Å². The average Bonchev–Trinajstić information content (AvgIpc) is 2.55. The second kappa shape index (κ2) is 7.06. The van der Waals surface area contributed by atoms with Crippen LogP contribution in [0.15, 0.2) is 23.1 Å². The highest BCUT2D eigenvalue weighted by atomic mass is 35.5. The largest absolute Gasteiger partial charge is 0.477 e. The van der Waals surface area contributed by atoms with E-state index in [-0.39, 0.29) is 23.4 Å². The summed E-state index contributed by atoms with van der Waals surface area (Å²) >= 11 is 0. The van der Waals surface area contributed by atoms with Gasteiger partial charge in [0.2, 0.25) is 5.43 Å². The van der Waals surface area contributed by atoms with Crippen LogP contribution in [0, 0.1) is 0 Å². The number of hydrogen-bond donors (Lipinski definition) is 2. The normalized spacial score (nSPS) is 15.2. The fourth-order valence-corrected chi connectivity index (χ4v) is 2.73. The lowest BCUT2D eigenvalue weighted by Gasteiger charge is -2.33. The van der Waals surface area contributed by atoms with Gasteiger partial charge in [0.25, 0.3) is 0 Å². The number of carbonyl (C=O) groups is 1. The van der Waals surface area contributed by atoms with Gasteiger partial charge in [0.15, 0.2) is 5.65 Å². The van der Waals surface area contributed by atoms with Crippen LogP contribution in [0.3, 0.4) is 0 Å². The Morgan fingerprint density at radius 1 is 1.25 bits per heavy atom. The monoisotopic (exact) mass is 353 g/mol. The Morgan fingerprint density at radius 3 is 2.50 bits per heavy atom. The van der Waals surface area contributed by atoms with Crippen LogP contribution in [-0.4, -0.2) is 65.9 Å². The lowest BCUT2D eigenvalue weighted by Crippen LogP contribution is -2.44. The van der Waals surface area contributed by atoms with E-state index in [0.29, 0.717) is 5.65 Å². The highest BCUT2D eigenvalue weighted by Crippen LogP contribution is 2.17.